The maximum absolute atomic E-state index is 13.5. The van der Waals surface area contributed by atoms with Crippen LogP contribution in [0.15, 0.2) is 18.2 Å². The number of para-hydroxylation sites is 1. The predicted octanol–water partition coefficient (Wildman–Crippen LogP) is 0.880. The number of hydrogen-bond acceptors (Lipinski definition) is 3. The Morgan fingerprint density at radius 1 is 1.41 bits per heavy atom. The van der Waals surface area contributed by atoms with Crippen LogP contribution >= 0.6 is 0 Å². The summed E-state index contributed by atoms with van der Waals surface area (Å²) in [4.78, 5) is 13.9. The molecule has 1 aliphatic rings. The van der Waals surface area contributed by atoms with E-state index in [1.807, 2.05) is 0 Å². The lowest BCUT2D eigenvalue weighted by atomic mass is 10.1. The zero-order valence-electron chi connectivity index (χ0n) is 9.70. The van der Waals surface area contributed by atoms with Crippen molar-refractivity contribution in [1.82, 2.24) is 10.2 Å². The quantitative estimate of drug-likeness (QED) is 0.831. The SMILES string of the molecule is COc1c(F)cccc1C(=O)N1CCNCC1. The Bertz CT molecular complexity index is 417. The number of methoxy groups -OCH3 is 1. The van der Waals surface area contributed by atoms with Crippen molar-refractivity contribution in [1.29, 1.82) is 0 Å². The molecule has 1 fully saturated rings. The van der Waals surface area contributed by atoms with Crippen LogP contribution in [0.5, 0.6) is 5.75 Å². The van der Waals surface area contributed by atoms with Gasteiger partial charge in [0.2, 0.25) is 0 Å². The molecule has 1 amide bonds. The largest absolute Gasteiger partial charge is 0.493 e. The fraction of sp³-hybridized carbons (Fsp3) is 0.417. The third-order valence-corrected chi connectivity index (χ3v) is 2.81. The first kappa shape index (κ1) is 11.9. The van der Waals surface area contributed by atoms with E-state index in [4.69, 9.17) is 4.74 Å². The number of piperazine rings is 1. The van der Waals surface area contributed by atoms with Gasteiger partial charge in [-0.3, -0.25) is 4.79 Å². The van der Waals surface area contributed by atoms with Gasteiger partial charge in [-0.2, -0.15) is 0 Å². The summed E-state index contributed by atoms with van der Waals surface area (Å²) in [5.41, 5.74) is 0.286. The molecule has 0 saturated carbocycles. The number of halogens is 1. The highest BCUT2D eigenvalue weighted by Crippen LogP contribution is 2.23. The highest BCUT2D eigenvalue weighted by molar-refractivity contribution is 5.97. The van der Waals surface area contributed by atoms with Crippen molar-refractivity contribution in [3.8, 4) is 5.75 Å². The van der Waals surface area contributed by atoms with E-state index in [2.05, 4.69) is 5.32 Å². The van der Waals surface area contributed by atoms with Gasteiger partial charge in [0.05, 0.1) is 12.7 Å². The van der Waals surface area contributed by atoms with Crippen molar-refractivity contribution in [3.63, 3.8) is 0 Å². The van der Waals surface area contributed by atoms with E-state index >= 15 is 0 Å². The summed E-state index contributed by atoms with van der Waals surface area (Å²) >= 11 is 0. The molecule has 0 spiro atoms. The van der Waals surface area contributed by atoms with Crippen molar-refractivity contribution >= 4 is 5.91 Å². The van der Waals surface area contributed by atoms with Gasteiger partial charge in [-0.15, -0.1) is 0 Å². The van der Waals surface area contributed by atoms with Crippen LogP contribution in [-0.2, 0) is 0 Å². The Morgan fingerprint density at radius 3 is 2.76 bits per heavy atom. The van der Waals surface area contributed by atoms with Gasteiger partial charge < -0.3 is 15.0 Å². The lowest BCUT2D eigenvalue weighted by Gasteiger charge is -2.27. The van der Waals surface area contributed by atoms with Gasteiger partial charge in [-0.05, 0) is 12.1 Å². The molecule has 5 heteroatoms. The lowest BCUT2D eigenvalue weighted by Crippen LogP contribution is -2.46. The highest BCUT2D eigenvalue weighted by atomic mass is 19.1. The van der Waals surface area contributed by atoms with Gasteiger partial charge >= 0.3 is 0 Å². The van der Waals surface area contributed by atoms with Gasteiger partial charge in [0, 0.05) is 26.2 Å². The van der Waals surface area contributed by atoms with Crippen LogP contribution in [0.3, 0.4) is 0 Å². The van der Waals surface area contributed by atoms with Gasteiger partial charge in [-0.1, -0.05) is 6.07 Å². The molecule has 1 aromatic rings. The van der Waals surface area contributed by atoms with Crippen LogP contribution in [0.1, 0.15) is 10.4 Å². The summed E-state index contributed by atoms with van der Waals surface area (Å²) in [6.45, 7) is 2.81. The molecule has 4 nitrogen and oxygen atoms in total. The second-order valence-electron chi connectivity index (χ2n) is 3.86. The molecule has 0 aliphatic carbocycles. The maximum atomic E-state index is 13.5. The summed E-state index contributed by atoms with van der Waals surface area (Å²) in [5.74, 6) is -0.660. The van der Waals surface area contributed by atoms with Crippen LogP contribution in [0.4, 0.5) is 4.39 Å². The van der Waals surface area contributed by atoms with Crippen LogP contribution in [0.25, 0.3) is 0 Å². The van der Waals surface area contributed by atoms with E-state index in [9.17, 15) is 9.18 Å². The summed E-state index contributed by atoms with van der Waals surface area (Å²) in [6.07, 6.45) is 0. The Balaban J connectivity index is 2.26. The molecule has 0 unspecified atom stereocenters. The predicted molar refractivity (Wildman–Crippen MR) is 61.7 cm³/mol. The number of benzene rings is 1. The Labute approximate surface area is 99.4 Å². The second-order valence-corrected chi connectivity index (χ2v) is 3.86. The molecule has 0 atom stereocenters. The topological polar surface area (TPSA) is 41.6 Å². The number of ether oxygens (including phenoxy) is 1. The van der Waals surface area contributed by atoms with Gasteiger partial charge in [0.1, 0.15) is 0 Å². The first-order chi connectivity index (χ1) is 8.24. The third-order valence-electron chi connectivity index (χ3n) is 2.81. The van der Waals surface area contributed by atoms with E-state index in [1.54, 1.807) is 11.0 Å². The molecule has 1 aromatic carbocycles. The fourth-order valence-corrected chi connectivity index (χ4v) is 1.92. The number of rotatable bonds is 2. The average molecular weight is 238 g/mol. The molecule has 0 aromatic heterocycles. The number of carbonyl (C=O) groups is 1. The van der Waals surface area contributed by atoms with E-state index in [-0.39, 0.29) is 17.2 Å². The zero-order valence-corrected chi connectivity index (χ0v) is 9.70. The van der Waals surface area contributed by atoms with Gasteiger partial charge in [0.15, 0.2) is 11.6 Å². The normalized spacial score (nSPS) is 15.8. The smallest absolute Gasteiger partial charge is 0.257 e. The number of nitrogens with zero attached hydrogens (tertiary/aromatic N) is 1. The second kappa shape index (κ2) is 5.14. The Hall–Kier alpha value is -1.62. The first-order valence-corrected chi connectivity index (χ1v) is 5.56. The molecule has 1 N–H and O–H groups in total. The molecular formula is C12H15FN2O2. The standard InChI is InChI=1S/C12H15FN2O2/c1-17-11-9(3-2-4-10(11)13)12(16)15-7-5-14-6-8-15/h2-4,14H,5-8H2,1H3. The first-order valence-electron chi connectivity index (χ1n) is 5.56. The molecule has 17 heavy (non-hydrogen) atoms. The van der Waals surface area contributed by atoms with Crippen LogP contribution < -0.4 is 10.1 Å². The van der Waals surface area contributed by atoms with Crippen molar-refractivity contribution in [2.24, 2.45) is 0 Å². The monoisotopic (exact) mass is 238 g/mol. The van der Waals surface area contributed by atoms with Gasteiger partial charge in [0.25, 0.3) is 5.91 Å². The van der Waals surface area contributed by atoms with Gasteiger partial charge in [-0.25, -0.2) is 4.39 Å². The number of hydrogen-bond donors (Lipinski definition) is 1. The summed E-state index contributed by atoms with van der Waals surface area (Å²) in [6, 6.07) is 4.40. The van der Waals surface area contributed by atoms with E-state index in [1.165, 1.54) is 19.2 Å². The summed E-state index contributed by atoms with van der Waals surface area (Å²) in [5, 5.41) is 3.16. The molecular weight excluding hydrogens is 223 g/mol. The van der Waals surface area contributed by atoms with Crippen LogP contribution in [-0.4, -0.2) is 44.1 Å². The Morgan fingerprint density at radius 2 is 2.12 bits per heavy atom. The Kier molecular flexibility index (Phi) is 3.58. The van der Waals surface area contributed by atoms with Crippen molar-refractivity contribution in [2.45, 2.75) is 0 Å². The molecule has 1 saturated heterocycles. The van der Waals surface area contributed by atoms with Crippen LogP contribution in [0.2, 0.25) is 0 Å². The molecule has 0 radical (unpaired) electrons. The minimum Gasteiger partial charge on any atom is -0.493 e. The highest BCUT2D eigenvalue weighted by Gasteiger charge is 2.22. The van der Waals surface area contributed by atoms with E-state index in [0.717, 1.165) is 13.1 Å². The third kappa shape index (κ3) is 2.39. The minimum atomic E-state index is -0.506. The molecule has 1 heterocycles. The molecule has 92 valence electrons. The van der Waals surface area contributed by atoms with E-state index in [0.29, 0.717) is 13.1 Å². The van der Waals surface area contributed by atoms with Crippen molar-refractivity contribution in [3.05, 3.63) is 29.6 Å². The zero-order chi connectivity index (χ0) is 12.3. The van der Waals surface area contributed by atoms with Crippen LogP contribution in [0, 0.1) is 5.82 Å². The molecule has 1 aliphatic heterocycles. The minimum absolute atomic E-state index is 0.0241. The summed E-state index contributed by atoms with van der Waals surface area (Å²) in [7, 11) is 1.37. The molecule has 2 rings (SSSR count). The maximum Gasteiger partial charge on any atom is 0.257 e. The number of nitrogens with one attached hydrogen (secondary N) is 1. The number of amides is 1. The molecule has 0 bridgehead atoms. The lowest BCUT2D eigenvalue weighted by molar-refractivity contribution is 0.0731. The summed E-state index contributed by atoms with van der Waals surface area (Å²) < 4.78 is 18.4. The van der Waals surface area contributed by atoms with Crippen molar-refractivity contribution < 1.29 is 13.9 Å². The van der Waals surface area contributed by atoms with E-state index < -0.39 is 5.82 Å². The average Bonchev–Trinajstić information content (AvgIpc) is 2.38. The van der Waals surface area contributed by atoms with Crippen molar-refractivity contribution in [2.75, 3.05) is 33.3 Å². The fourth-order valence-electron chi connectivity index (χ4n) is 1.92. The number of carbonyl (C=O) groups excluding carboxylic acids is 1.